The van der Waals surface area contributed by atoms with Crippen LogP contribution in [0.2, 0.25) is 0 Å². The molecule has 134 valence electrons. The first kappa shape index (κ1) is 16.8. The lowest BCUT2D eigenvalue weighted by Crippen LogP contribution is -2.51. The molecular weight excluding hydrogens is 310 g/mol. The van der Waals surface area contributed by atoms with Gasteiger partial charge in [-0.15, -0.1) is 0 Å². The summed E-state index contributed by atoms with van der Waals surface area (Å²) in [7, 11) is 0. The average molecular weight is 339 g/mol. The average Bonchev–Trinajstić information content (AvgIpc) is 3.36. The first-order valence-corrected chi connectivity index (χ1v) is 9.63. The number of nitrogens with two attached hydrogens (primary N) is 1. The minimum Gasteiger partial charge on any atom is -0.341 e. The van der Waals surface area contributed by atoms with Gasteiger partial charge in [0.25, 0.3) is 0 Å². The number of aromatic amines is 1. The molecule has 25 heavy (non-hydrogen) atoms. The number of rotatable bonds is 5. The van der Waals surface area contributed by atoms with Crippen LogP contribution in [-0.4, -0.2) is 58.5 Å². The number of nitrogens with one attached hydrogen (secondary N) is 1. The zero-order chi connectivity index (χ0) is 17.1. The Kier molecular flexibility index (Phi) is 5.15. The molecule has 1 aromatic heterocycles. The molecule has 2 aliphatic rings. The third kappa shape index (κ3) is 3.64. The van der Waals surface area contributed by atoms with Crippen LogP contribution in [0.15, 0.2) is 36.5 Å². The van der Waals surface area contributed by atoms with Crippen molar-refractivity contribution in [2.45, 2.75) is 37.8 Å². The van der Waals surface area contributed by atoms with Crippen LogP contribution in [0.3, 0.4) is 0 Å². The fourth-order valence-corrected chi connectivity index (χ4v) is 4.40. The SMILES string of the molecule is NCC(c1cnc(-c2ccccc2)[nH]1)N1CCN(C2CCCC2)CC1. The highest BCUT2D eigenvalue weighted by Gasteiger charge is 2.29. The predicted molar refractivity (Wildman–Crippen MR) is 101 cm³/mol. The highest BCUT2D eigenvalue weighted by atomic mass is 15.3. The van der Waals surface area contributed by atoms with Gasteiger partial charge < -0.3 is 10.7 Å². The molecule has 5 nitrogen and oxygen atoms in total. The normalized spacial score (nSPS) is 21.6. The minimum absolute atomic E-state index is 0.232. The van der Waals surface area contributed by atoms with Gasteiger partial charge in [-0.1, -0.05) is 43.2 Å². The smallest absolute Gasteiger partial charge is 0.137 e. The molecule has 1 atom stereocenters. The maximum absolute atomic E-state index is 6.14. The quantitative estimate of drug-likeness (QED) is 0.879. The van der Waals surface area contributed by atoms with E-state index in [4.69, 9.17) is 5.73 Å². The molecule has 0 radical (unpaired) electrons. The van der Waals surface area contributed by atoms with Gasteiger partial charge in [-0.25, -0.2) is 4.98 Å². The number of imidazole rings is 1. The highest BCUT2D eigenvalue weighted by molar-refractivity contribution is 5.54. The Morgan fingerprint density at radius 2 is 1.80 bits per heavy atom. The molecule has 1 aliphatic carbocycles. The molecule has 1 saturated carbocycles. The maximum Gasteiger partial charge on any atom is 0.137 e. The second-order valence-electron chi connectivity index (χ2n) is 7.31. The number of H-pyrrole nitrogens is 1. The summed E-state index contributed by atoms with van der Waals surface area (Å²) in [5.41, 5.74) is 8.39. The van der Waals surface area contributed by atoms with Crippen LogP contribution in [0.5, 0.6) is 0 Å². The van der Waals surface area contributed by atoms with Gasteiger partial charge in [-0.3, -0.25) is 9.80 Å². The van der Waals surface area contributed by atoms with Gasteiger partial charge >= 0.3 is 0 Å². The molecule has 0 spiro atoms. The Morgan fingerprint density at radius 3 is 2.48 bits per heavy atom. The molecule has 3 N–H and O–H groups in total. The number of benzene rings is 1. The molecule has 4 rings (SSSR count). The van der Waals surface area contributed by atoms with Crippen LogP contribution in [0.1, 0.15) is 37.4 Å². The summed E-state index contributed by atoms with van der Waals surface area (Å²) < 4.78 is 0. The highest BCUT2D eigenvalue weighted by Crippen LogP contribution is 2.27. The van der Waals surface area contributed by atoms with Gasteiger partial charge in [0, 0.05) is 44.3 Å². The van der Waals surface area contributed by atoms with Gasteiger partial charge in [0.05, 0.1) is 17.9 Å². The lowest BCUT2D eigenvalue weighted by Gasteiger charge is -2.41. The second-order valence-corrected chi connectivity index (χ2v) is 7.31. The molecule has 0 amide bonds. The lowest BCUT2D eigenvalue weighted by molar-refractivity contribution is 0.0712. The van der Waals surface area contributed by atoms with Gasteiger partial charge in [-0.05, 0) is 12.8 Å². The Bertz CT molecular complexity index is 654. The molecule has 1 aromatic carbocycles. The standard InChI is InChI=1S/C20H29N5/c21-14-19(18-15-22-20(23-18)16-6-2-1-3-7-16)25-12-10-24(11-13-25)17-8-4-5-9-17/h1-3,6-7,15,17,19H,4-5,8-14,21H2,(H,22,23). The van der Waals surface area contributed by atoms with Crippen molar-refractivity contribution >= 4 is 0 Å². The summed E-state index contributed by atoms with van der Waals surface area (Å²) in [6.07, 6.45) is 7.56. The fraction of sp³-hybridized carbons (Fsp3) is 0.550. The molecular formula is C20H29N5. The van der Waals surface area contributed by atoms with E-state index in [1.807, 2.05) is 24.4 Å². The van der Waals surface area contributed by atoms with E-state index in [2.05, 4.69) is 31.9 Å². The minimum atomic E-state index is 0.232. The van der Waals surface area contributed by atoms with Crippen LogP contribution >= 0.6 is 0 Å². The van der Waals surface area contributed by atoms with Crippen LogP contribution < -0.4 is 5.73 Å². The molecule has 2 aromatic rings. The molecule has 2 fully saturated rings. The molecule has 1 unspecified atom stereocenters. The first-order valence-electron chi connectivity index (χ1n) is 9.63. The van der Waals surface area contributed by atoms with Crippen LogP contribution in [-0.2, 0) is 0 Å². The van der Waals surface area contributed by atoms with Crippen molar-refractivity contribution in [3.8, 4) is 11.4 Å². The Hall–Kier alpha value is -1.69. The monoisotopic (exact) mass is 339 g/mol. The summed E-state index contributed by atoms with van der Waals surface area (Å²) in [5, 5.41) is 0. The van der Waals surface area contributed by atoms with E-state index in [9.17, 15) is 0 Å². The van der Waals surface area contributed by atoms with E-state index < -0.39 is 0 Å². The molecule has 1 aliphatic heterocycles. The van der Waals surface area contributed by atoms with Crippen molar-refractivity contribution < 1.29 is 0 Å². The topological polar surface area (TPSA) is 61.2 Å². The van der Waals surface area contributed by atoms with Gasteiger partial charge in [0.2, 0.25) is 0 Å². The third-order valence-corrected chi connectivity index (χ3v) is 5.86. The third-order valence-electron chi connectivity index (χ3n) is 5.86. The Morgan fingerprint density at radius 1 is 1.08 bits per heavy atom. The van der Waals surface area contributed by atoms with Crippen LogP contribution in [0, 0.1) is 0 Å². The van der Waals surface area contributed by atoms with E-state index in [1.165, 1.54) is 38.8 Å². The van der Waals surface area contributed by atoms with Crippen molar-refractivity contribution in [3.05, 3.63) is 42.2 Å². The van der Waals surface area contributed by atoms with E-state index in [0.717, 1.165) is 36.2 Å². The summed E-state index contributed by atoms with van der Waals surface area (Å²) in [5.74, 6) is 0.929. The number of hydrogen-bond acceptors (Lipinski definition) is 4. The summed E-state index contributed by atoms with van der Waals surface area (Å²) in [4.78, 5) is 13.3. The molecule has 1 saturated heterocycles. The fourth-order valence-electron chi connectivity index (χ4n) is 4.40. The van der Waals surface area contributed by atoms with E-state index in [0.29, 0.717) is 6.54 Å². The van der Waals surface area contributed by atoms with Crippen molar-refractivity contribution in [1.29, 1.82) is 0 Å². The molecule has 2 heterocycles. The zero-order valence-corrected chi connectivity index (χ0v) is 14.9. The van der Waals surface area contributed by atoms with Gasteiger partial charge in [0.15, 0.2) is 0 Å². The van der Waals surface area contributed by atoms with Crippen molar-refractivity contribution in [3.63, 3.8) is 0 Å². The first-order chi connectivity index (χ1) is 12.3. The van der Waals surface area contributed by atoms with E-state index in [1.54, 1.807) is 0 Å². The second kappa shape index (κ2) is 7.68. The van der Waals surface area contributed by atoms with Gasteiger partial charge in [0.1, 0.15) is 5.82 Å². The molecule has 5 heteroatoms. The summed E-state index contributed by atoms with van der Waals surface area (Å²) in [6, 6.07) is 11.3. The maximum atomic E-state index is 6.14. The Labute approximate surface area is 150 Å². The number of aromatic nitrogens is 2. The summed E-state index contributed by atoms with van der Waals surface area (Å²) >= 11 is 0. The van der Waals surface area contributed by atoms with E-state index in [-0.39, 0.29) is 6.04 Å². The van der Waals surface area contributed by atoms with E-state index >= 15 is 0 Å². The lowest BCUT2D eigenvalue weighted by atomic mass is 10.1. The van der Waals surface area contributed by atoms with Crippen molar-refractivity contribution in [1.82, 2.24) is 19.8 Å². The van der Waals surface area contributed by atoms with Crippen LogP contribution in [0.4, 0.5) is 0 Å². The van der Waals surface area contributed by atoms with Crippen molar-refractivity contribution in [2.24, 2.45) is 5.73 Å². The van der Waals surface area contributed by atoms with Crippen LogP contribution in [0.25, 0.3) is 11.4 Å². The van der Waals surface area contributed by atoms with Gasteiger partial charge in [-0.2, -0.15) is 0 Å². The number of nitrogens with zero attached hydrogens (tertiary/aromatic N) is 3. The zero-order valence-electron chi connectivity index (χ0n) is 14.9. The van der Waals surface area contributed by atoms with Crippen molar-refractivity contribution in [2.75, 3.05) is 32.7 Å². The predicted octanol–water partition coefficient (Wildman–Crippen LogP) is 2.64. The molecule has 0 bridgehead atoms. The summed E-state index contributed by atoms with van der Waals surface area (Å²) in [6.45, 7) is 5.15. The number of hydrogen-bond donors (Lipinski definition) is 2. The largest absolute Gasteiger partial charge is 0.341 e. The number of piperazine rings is 1. The Balaban J connectivity index is 1.42.